The van der Waals surface area contributed by atoms with Crippen molar-refractivity contribution in [3.05, 3.63) is 29.8 Å². The molecule has 0 aromatic heterocycles. The molecule has 1 saturated heterocycles. The molecular weight excluding hydrogens is 314 g/mol. The molecule has 1 atom stereocenters. The number of hydrogen-bond donors (Lipinski definition) is 1. The van der Waals surface area contributed by atoms with Crippen LogP contribution in [0.4, 0.5) is 0 Å². The molecule has 1 aliphatic rings. The summed E-state index contributed by atoms with van der Waals surface area (Å²) in [4.78, 5) is 24.7. The van der Waals surface area contributed by atoms with Gasteiger partial charge in [-0.2, -0.15) is 0 Å². The van der Waals surface area contributed by atoms with Gasteiger partial charge >= 0.3 is 5.97 Å². The van der Waals surface area contributed by atoms with E-state index in [0.29, 0.717) is 17.9 Å². The van der Waals surface area contributed by atoms with Crippen molar-refractivity contribution in [1.29, 1.82) is 0 Å². The Labute approximate surface area is 141 Å². The zero-order chi connectivity index (χ0) is 17.4. The van der Waals surface area contributed by atoms with Gasteiger partial charge in [-0.3, -0.25) is 9.59 Å². The van der Waals surface area contributed by atoms with E-state index in [1.54, 1.807) is 24.3 Å². The van der Waals surface area contributed by atoms with E-state index in [1.165, 1.54) is 12.0 Å². The van der Waals surface area contributed by atoms with E-state index in [4.69, 9.17) is 19.3 Å². The first-order valence-electron chi connectivity index (χ1n) is 7.94. The number of carbonyl (C=O) groups is 2. The number of aliphatic carboxylic acids is 1. The first-order valence-corrected chi connectivity index (χ1v) is 7.94. The van der Waals surface area contributed by atoms with Crippen molar-refractivity contribution >= 4 is 11.9 Å². The van der Waals surface area contributed by atoms with Crippen LogP contribution in [0, 0.1) is 0 Å². The standard InChI is InChI=1S/C17H23NO6/c1-22-9-7-18(11-16(19)20)17(21)13-4-2-5-14(10-13)24-12-15-6-3-8-23-15/h2,4-5,10,15H,3,6-9,11-12H2,1H3,(H,19,20). The Morgan fingerprint density at radius 3 is 2.92 bits per heavy atom. The predicted molar refractivity (Wildman–Crippen MR) is 86.3 cm³/mol. The molecule has 1 fully saturated rings. The van der Waals surface area contributed by atoms with E-state index in [2.05, 4.69) is 0 Å². The Balaban J connectivity index is 2.00. The first-order chi connectivity index (χ1) is 11.6. The van der Waals surface area contributed by atoms with Crippen LogP contribution in [0.2, 0.25) is 0 Å². The minimum absolute atomic E-state index is 0.0922. The number of methoxy groups -OCH3 is 1. The van der Waals surface area contributed by atoms with E-state index >= 15 is 0 Å². The van der Waals surface area contributed by atoms with Gasteiger partial charge in [0.15, 0.2) is 0 Å². The highest BCUT2D eigenvalue weighted by atomic mass is 16.5. The largest absolute Gasteiger partial charge is 0.491 e. The fraction of sp³-hybridized carbons (Fsp3) is 0.529. The summed E-state index contributed by atoms with van der Waals surface area (Å²) in [6.07, 6.45) is 2.10. The van der Waals surface area contributed by atoms with Crippen molar-refractivity contribution in [1.82, 2.24) is 4.90 Å². The van der Waals surface area contributed by atoms with Crippen molar-refractivity contribution < 1.29 is 28.9 Å². The van der Waals surface area contributed by atoms with Crippen molar-refractivity contribution in [2.45, 2.75) is 18.9 Å². The molecule has 0 saturated carbocycles. The van der Waals surface area contributed by atoms with Gasteiger partial charge in [-0.1, -0.05) is 6.07 Å². The number of carbonyl (C=O) groups excluding carboxylic acids is 1. The molecule has 1 unspecified atom stereocenters. The molecule has 24 heavy (non-hydrogen) atoms. The van der Waals surface area contributed by atoms with Gasteiger partial charge in [0.2, 0.25) is 0 Å². The summed E-state index contributed by atoms with van der Waals surface area (Å²) in [5.41, 5.74) is 0.386. The van der Waals surface area contributed by atoms with E-state index in [0.717, 1.165) is 19.4 Å². The summed E-state index contributed by atoms with van der Waals surface area (Å²) in [5, 5.41) is 8.97. The summed E-state index contributed by atoms with van der Waals surface area (Å²) in [6.45, 7) is 1.32. The van der Waals surface area contributed by atoms with Crippen LogP contribution in [0.5, 0.6) is 5.75 Å². The number of ether oxygens (including phenoxy) is 3. The summed E-state index contributed by atoms with van der Waals surface area (Å²) in [6, 6.07) is 6.75. The molecule has 7 nitrogen and oxygen atoms in total. The Bertz CT molecular complexity index is 556. The maximum absolute atomic E-state index is 12.5. The van der Waals surface area contributed by atoms with Gasteiger partial charge in [0.05, 0.1) is 12.7 Å². The number of carboxylic acids is 1. The number of nitrogens with zero attached hydrogens (tertiary/aromatic N) is 1. The van der Waals surface area contributed by atoms with Crippen LogP contribution in [0.15, 0.2) is 24.3 Å². The van der Waals surface area contributed by atoms with E-state index in [1.807, 2.05) is 0 Å². The second-order valence-electron chi connectivity index (χ2n) is 5.59. The van der Waals surface area contributed by atoms with Crippen molar-refractivity contribution in [3.63, 3.8) is 0 Å². The summed E-state index contributed by atoms with van der Waals surface area (Å²) in [7, 11) is 1.50. The normalized spacial score (nSPS) is 16.8. The average molecular weight is 337 g/mol. The van der Waals surface area contributed by atoms with Gasteiger partial charge in [-0.25, -0.2) is 0 Å². The lowest BCUT2D eigenvalue weighted by Crippen LogP contribution is -2.38. The zero-order valence-corrected chi connectivity index (χ0v) is 13.8. The SMILES string of the molecule is COCCN(CC(=O)O)C(=O)c1cccc(OCC2CCCO2)c1. The molecule has 1 aliphatic heterocycles. The van der Waals surface area contributed by atoms with Crippen LogP contribution in [-0.2, 0) is 14.3 Å². The van der Waals surface area contributed by atoms with Crippen LogP contribution in [0.25, 0.3) is 0 Å². The molecule has 1 aromatic carbocycles. The lowest BCUT2D eigenvalue weighted by Gasteiger charge is -2.20. The molecular formula is C17H23NO6. The van der Waals surface area contributed by atoms with Crippen molar-refractivity contribution in [2.24, 2.45) is 0 Å². The quantitative estimate of drug-likeness (QED) is 0.733. The monoisotopic (exact) mass is 337 g/mol. The third-order valence-corrected chi connectivity index (χ3v) is 3.72. The van der Waals surface area contributed by atoms with E-state index < -0.39 is 5.97 Å². The molecule has 0 spiro atoms. The number of amides is 1. The van der Waals surface area contributed by atoms with Crippen LogP contribution >= 0.6 is 0 Å². The smallest absolute Gasteiger partial charge is 0.323 e. The molecule has 2 rings (SSSR count). The van der Waals surface area contributed by atoms with Crippen LogP contribution in [-0.4, -0.2) is 68.0 Å². The van der Waals surface area contributed by atoms with Crippen LogP contribution in [0.3, 0.4) is 0 Å². The van der Waals surface area contributed by atoms with Crippen molar-refractivity contribution in [2.75, 3.05) is 40.0 Å². The minimum Gasteiger partial charge on any atom is -0.491 e. The molecule has 0 aliphatic carbocycles. The topological polar surface area (TPSA) is 85.3 Å². The number of carboxylic acid groups (broad SMARTS) is 1. The number of hydrogen-bond acceptors (Lipinski definition) is 5. The molecule has 0 radical (unpaired) electrons. The molecule has 0 bridgehead atoms. The zero-order valence-electron chi connectivity index (χ0n) is 13.8. The third kappa shape index (κ3) is 5.50. The molecule has 1 amide bonds. The Morgan fingerprint density at radius 1 is 1.42 bits per heavy atom. The maximum atomic E-state index is 12.5. The predicted octanol–water partition coefficient (Wildman–Crippen LogP) is 1.42. The fourth-order valence-electron chi connectivity index (χ4n) is 2.48. The van der Waals surface area contributed by atoms with Gasteiger partial charge < -0.3 is 24.2 Å². The van der Waals surface area contributed by atoms with Gasteiger partial charge in [-0.15, -0.1) is 0 Å². The van der Waals surface area contributed by atoms with E-state index in [-0.39, 0.29) is 31.7 Å². The average Bonchev–Trinajstić information content (AvgIpc) is 3.09. The first kappa shape index (κ1) is 18.2. The highest BCUT2D eigenvalue weighted by Crippen LogP contribution is 2.18. The highest BCUT2D eigenvalue weighted by Gasteiger charge is 2.20. The fourth-order valence-corrected chi connectivity index (χ4v) is 2.48. The minimum atomic E-state index is -1.06. The van der Waals surface area contributed by atoms with Crippen LogP contribution < -0.4 is 4.74 Å². The van der Waals surface area contributed by atoms with Gasteiger partial charge in [0, 0.05) is 25.8 Å². The molecule has 7 heteroatoms. The maximum Gasteiger partial charge on any atom is 0.323 e. The Hall–Kier alpha value is -2.12. The number of benzene rings is 1. The van der Waals surface area contributed by atoms with Crippen LogP contribution in [0.1, 0.15) is 23.2 Å². The lowest BCUT2D eigenvalue weighted by atomic mass is 10.2. The Morgan fingerprint density at radius 2 is 2.25 bits per heavy atom. The highest BCUT2D eigenvalue weighted by molar-refractivity contribution is 5.96. The summed E-state index contributed by atoms with van der Waals surface area (Å²) < 4.78 is 16.1. The van der Waals surface area contributed by atoms with Gasteiger partial charge in [0.1, 0.15) is 18.9 Å². The number of rotatable bonds is 9. The molecule has 1 N–H and O–H groups in total. The van der Waals surface area contributed by atoms with Gasteiger partial charge in [0.25, 0.3) is 5.91 Å². The Kier molecular flexibility index (Phi) is 7.02. The molecule has 1 aromatic rings. The molecule has 1 heterocycles. The summed E-state index contributed by atoms with van der Waals surface area (Å²) >= 11 is 0. The van der Waals surface area contributed by atoms with E-state index in [9.17, 15) is 9.59 Å². The molecule has 132 valence electrons. The second kappa shape index (κ2) is 9.24. The van der Waals surface area contributed by atoms with Crippen molar-refractivity contribution in [3.8, 4) is 5.75 Å². The third-order valence-electron chi connectivity index (χ3n) is 3.72. The van der Waals surface area contributed by atoms with Gasteiger partial charge in [-0.05, 0) is 31.0 Å². The second-order valence-corrected chi connectivity index (χ2v) is 5.59. The summed E-state index contributed by atoms with van der Waals surface area (Å²) in [5.74, 6) is -0.861. The lowest BCUT2D eigenvalue weighted by molar-refractivity contribution is -0.137.